The molecule has 0 N–H and O–H groups in total. The fourth-order valence-electron chi connectivity index (χ4n) is 0.289. The standard InChI is InChI=1S/C6H14/c1-4-5-6(2)3/h6H,4-5H2,1-3H3/i1D3. The molecule has 0 radical (unpaired) electrons. The van der Waals surface area contributed by atoms with Gasteiger partial charge in [0.1, 0.15) is 0 Å². The van der Waals surface area contributed by atoms with Crippen LogP contribution in [0.15, 0.2) is 0 Å². The molecule has 0 amide bonds. The van der Waals surface area contributed by atoms with Gasteiger partial charge in [0.25, 0.3) is 0 Å². The fraction of sp³-hybridized carbons (Fsp3) is 1.00. The lowest BCUT2D eigenvalue weighted by atomic mass is 10.1. The molecule has 0 nitrogen and oxygen atoms in total. The zero-order chi connectivity index (χ0) is 7.49. The van der Waals surface area contributed by atoms with E-state index in [9.17, 15) is 0 Å². The third-order valence-electron chi connectivity index (χ3n) is 0.722. The molecule has 0 aliphatic heterocycles. The maximum Gasteiger partial charge on any atom is 0.0230 e. The molecule has 0 saturated carbocycles. The van der Waals surface area contributed by atoms with E-state index in [0.29, 0.717) is 12.3 Å². The molecule has 0 aromatic rings. The first-order valence-corrected chi connectivity index (χ1v) is 2.42. The Labute approximate surface area is 44.8 Å². The molecule has 0 aliphatic rings. The van der Waals surface area contributed by atoms with E-state index < -0.39 is 6.85 Å². The average Bonchev–Trinajstić information content (AvgIpc) is 1.59. The van der Waals surface area contributed by atoms with Crippen molar-refractivity contribution in [3.05, 3.63) is 0 Å². The smallest absolute Gasteiger partial charge is 0.0230 e. The van der Waals surface area contributed by atoms with E-state index in [1.165, 1.54) is 0 Å². The summed E-state index contributed by atoms with van der Waals surface area (Å²) in [5, 5.41) is 0. The van der Waals surface area contributed by atoms with Gasteiger partial charge in [-0.15, -0.1) is 0 Å². The second kappa shape index (κ2) is 3.20. The van der Waals surface area contributed by atoms with E-state index in [0.717, 1.165) is 6.42 Å². The first-order valence-electron chi connectivity index (χ1n) is 3.92. The molecule has 6 heavy (non-hydrogen) atoms. The maximum atomic E-state index is 6.86. The van der Waals surface area contributed by atoms with E-state index in [1.807, 2.05) is 13.8 Å². The predicted octanol–water partition coefficient (Wildman–Crippen LogP) is 2.44. The summed E-state index contributed by atoms with van der Waals surface area (Å²) in [5.41, 5.74) is 0. The van der Waals surface area contributed by atoms with Crippen molar-refractivity contribution >= 4 is 0 Å². The molecule has 0 aliphatic carbocycles. The second-order valence-corrected chi connectivity index (χ2v) is 1.93. The third kappa shape index (κ3) is 4.00. The van der Waals surface area contributed by atoms with Crippen LogP contribution in [0, 0.1) is 5.92 Å². The molecule has 0 atom stereocenters. The Balaban J connectivity index is 3.28. The van der Waals surface area contributed by atoms with Crippen LogP contribution in [0.2, 0.25) is 0 Å². The zero-order valence-corrected chi connectivity index (χ0v) is 4.49. The summed E-state index contributed by atoms with van der Waals surface area (Å²) in [6.07, 6.45) is 1.15. The fourth-order valence-corrected chi connectivity index (χ4v) is 0.289. The average molecular weight is 89.2 g/mol. The molecule has 0 aromatic carbocycles. The third-order valence-corrected chi connectivity index (χ3v) is 0.722. The summed E-state index contributed by atoms with van der Waals surface area (Å²) in [4.78, 5) is 0. The number of rotatable bonds is 2. The molecule has 0 unspecified atom stereocenters. The first-order chi connectivity index (χ1) is 3.92. The zero-order valence-electron chi connectivity index (χ0n) is 7.49. The van der Waals surface area contributed by atoms with Crippen LogP contribution in [-0.2, 0) is 0 Å². The Morgan fingerprint density at radius 1 is 1.67 bits per heavy atom. The van der Waals surface area contributed by atoms with Crippen LogP contribution in [0.25, 0.3) is 0 Å². The van der Waals surface area contributed by atoms with Gasteiger partial charge in [-0.05, 0) is 5.92 Å². The van der Waals surface area contributed by atoms with Crippen molar-refractivity contribution in [3.63, 3.8) is 0 Å². The van der Waals surface area contributed by atoms with Gasteiger partial charge in [0.05, 0.1) is 0 Å². The monoisotopic (exact) mass is 89.1 g/mol. The highest BCUT2D eigenvalue weighted by molar-refractivity contribution is 4.38. The van der Waals surface area contributed by atoms with Crippen LogP contribution in [0.4, 0.5) is 0 Å². The van der Waals surface area contributed by atoms with E-state index in [1.54, 1.807) is 0 Å². The first kappa shape index (κ1) is 2.34. The number of hydrogen-bond donors (Lipinski definition) is 0. The SMILES string of the molecule is [2H]C([2H])([2H])CCC(C)C. The Morgan fingerprint density at radius 3 is 2.50 bits per heavy atom. The van der Waals surface area contributed by atoms with Crippen molar-refractivity contribution < 1.29 is 4.11 Å². The summed E-state index contributed by atoms with van der Waals surface area (Å²) in [7, 11) is 0. The van der Waals surface area contributed by atoms with Crippen molar-refractivity contribution in [3.8, 4) is 0 Å². The molecular weight excluding hydrogens is 72.1 g/mol. The Kier molecular flexibility index (Phi) is 1.25. The van der Waals surface area contributed by atoms with E-state index >= 15 is 0 Å². The van der Waals surface area contributed by atoms with Gasteiger partial charge in [0.2, 0.25) is 0 Å². The van der Waals surface area contributed by atoms with Gasteiger partial charge < -0.3 is 0 Å². The Hall–Kier alpha value is 0. The van der Waals surface area contributed by atoms with Gasteiger partial charge >= 0.3 is 0 Å². The van der Waals surface area contributed by atoms with Gasteiger partial charge in [-0.3, -0.25) is 0 Å². The van der Waals surface area contributed by atoms with Crippen LogP contribution < -0.4 is 0 Å². The lowest BCUT2D eigenvalue weighted by Crippen LogP contribution is -1.81. The second-order valence-electron chi connectivity index (χ2n) is 1.93. The summed E-state index contributed by atoms with van der Waals surface area (Å²) in [5.74, 6) is 0.505. The molecule has 0 bridgehead atoms. The molecule has 0 aromatic heterocycles. The minimum atomic E-state index is -1.72. The lowest BCUT2D eigenvalue weighted by molar-refractivity contribution is 0.576. The molecule has 0 fully saturated rings. The largest absolute Gasteiger partial charge is 0.0654 e. The highest BCUT2D eigenvalue weighted by atomic mass is 13.9. The van der Waals surface area contributed by atoms with Crippen molar-refractivity contribution in [2.24, 2.45) is 5.92 Å². The minimum Gasteiger partial charge on any atom is -0.0654 e. The molecule has 38 valence electrons. The van der Waals surface area contributed by atoms with E-state index in [-0.39, 0.29) is 0 Å². The van der Waals surface area contributed by atoms with Crippen molar-refractivity contribution in [2.45, 2.75) is 33.5 Å². The van der Waals surface area contributed by atoms with Gasteiger partial charge in [-0.25, -0.2) is 0 Å². The van der Waals surface area contributed by atoms with Crippen LogP contribution in [0.3, 0.4) is 0 Å². The highest BCUT2D eigenvalue weighted by Gasteiger charge is 1.85. The Morgan fingerprint density at radius 2 is 2.33 bits per heavy atom. The van der Waals surface area contributed by atoms with Gasteiger partial charge in [0, 0.05) is 4.11 Å². The Bertz CT molecular complexity index is 72.9. The summed E-state index contributed by atoms with van der Waals surface area (Å²) >= 11 is 0. The quantitative estimate of drug-likeness (QED) is 0.487. The normalized spacial score (nSPS) is 19.5. The van der Waals surface area contributed by atoms with Gasteiger partial charge in [0.15, 0.2) is 0 Å². The molecule has 0 spiro atoms. The minimum absolute atomic E-state index is 0.352. The predicted molar refractivity (Wildman–Crippen MR) is 29.7 cm³/mol. The van der Waals surface area contributed by atoms with E-state index in [4.69, 9.17) is 4.11 Å². The van der Waals surface area contributed by atoms with Crippen LogP contribution in [0.1, 0.15) is 37.7 Å². The molecule has 0 heteroatoms. The van der Waals surface area contributed by atoms with Crippen molar-refractivity contribution in [2.75, 3.05) is 0 Å². The topological polar surface area (TPSA) is 0 Å². The van der Waals surface area contributed by atoms with Crippen LogP contribution in [-0.4, -0.2) is 0 Å². The van der Waals surface area contributed by atoms with Crippen molar-refractivity contribution in [1.82, 2.24) is 0 Å². The van der Waals surface area contributed by atoms with Gasteiger partial charge in [-0.1, -0.05) is 33.5 Å². The maximum absolute atomic E-state index is 6.86. The van der Waals surface area contributed by atoms with Crippen LogP contribution in [0.5, 0.6) is 0 Å². The number of hydrogen-bond acceptors (Lipinski definition) is 0. The molecule has 0 heterocycles. The van der Waals surface area contributed by atoms with E-state index in [2.05, 4.69) is 0 Å². The molecular formula is C6H14. The highest BCUT2D eigenvalue weighted by Crippen LogP contribution is 2.00. The molecule has 0 rings (SSSR count). The van der Waals surface area contributed by atoms with Crippen molar-refractivity contribution in [1.29, 1.82) is 0 Å². The summed E-state index contributed by atoms with van der Waals surface area (Å²) in [6, 6.07) is 0. The summed E-state index contributed by atoms with van der Waals surface area (Å²) in [6.45, 7) is 2.35. The van der Waals surface area contributed by atoms with Gasteiger partial charge in [-0.2, -0.15) is 0 Å². The van der Waals surface area contributed by atoms with Crippen LogP contribution >= 0.6 is 0 Å². The summed E-state index contributed by atoms with van der Waals surface area (Å²) < 4.78 is 20.6. The lowest BCUT2D eigenvalue weighted by Gasteiger charge is -1.95. The molecule has 0 saturated heterocycles.